The normalized spacial score (nSPS) is 10.2. The summed E-state index contributed by atoms with van der Waals surface area (Å²) in [6, 6.07) is 11.7. The van der Waals surface area contributed by atoms with Crippen LogP contribution in [-0.2, 0) is 0 Å². The fourth-order valence-corrected chi connectivity index (χ4v) is 2.45. The highest BCUT2D eigenvalue weighted by atomic mass is 127. The van der Waals surface area contributed by atoms with E-state index >= 15 is 0 Å². The van der Waals surface area contributed by atoms with Crippen LogP contribution in [0, 0.1) is 3.57 Å². The van der Waals surface area contributed by atoms with E-state index in [0.717, 1.165) is 25.2 Å². The monoisotopic (exact) mass is 418 g/mol. The minimum Gasteiger partial charge on any atom is -0.495 e. The Hall–Kier alpha value is -0.950. The summed E-state index contributed by atoms with van der Waals surface area (Å²) >= 11 is 5.67. The highest BCUT2D eigenvalue weighted by molar-refractivity contribution is 14.1. The van der Waals surface area contributed by atoms with E-state index < -0.39 is 0 Å². The largest absolute Gasteiger partial charge is 0.495 e. The lowest BCUT2D eigenvalue weighted by atomic mass is 10.2. The van der Waals surface area contributed by atoms with Crippen LogP contribution in [0.5, 0.6) is 5.75 Å². The fraction of sp³-hybridized carbons (Fsp3) is 0.0769. The Balaban J connectivity index is 2.36. The van der Waals surface area contributed by atoms with E-state index in [1.165, 1.54) is 0 Å². The molecule has 0 heterocycles. The molecule has 0 saturated carbocycles. The first-order valence-corrected chi connectivity index (χ1v) is 7.13. The van der Waals surface area contributed by atoms with Gasteiger partial charge in [-0.1, -0.05) is 15.9 Å². The summed E-state index contributed by atoms with van der Waals surface area (Å²) in [5.41, 5.74) is 8.43. The van der Waals surface area contributed by atoms with Crippen LogP contribution in [0.2, 0.25) is 0 Å². The quantitative estimate of drug-likeness (QED) is 0.574. The highest BCUT2D eigenvalue weighted by Gasteiger charge is 2.06. The van der Waals surface area contributed by atoms with E-state index in [0.29, 0.717) is 5.69 Å². The molecule has 3 N–H and O–H groups in total. The Morgan fingerprint density at radius 1 is 1.17 bits per heavy atom. The maximum atomic E-state index is 5.98. The molecule has 0 aromatic heterocycles. The van der Waals surface area contributed by atoms with Gasteiger partial charge in [-0.05, 0) is 59.0 Å². The Bertz CT molecular complexity index is 575. The first kappa shape index (κ1) is 13.5. The molecule has 0 radical (unpaired) electrons. The number of benzene rings is 2. The van der Waals surface area contributed by atoms with Crippen LogP contribution in [-0.4, -0.2) is 7.11 Å². The van der Waals surface area contributed by atoms with Crippen molar-refractivity contribution in [3.63, 3.8) is 0 Å². The number of hydrogen-bond acceptors (Lipinski definition) is 3. The summed E-state index contributed by atoms with van der Waals surface area (Å²) in [7, 11) is 1.64. The molecule has 5 heteroatoms. The molecule has 0 saturated heterocycles. The molecule has 0 atom stereocenters. The number of nitrogen functional groups attached to an aromatic ring is 1. The van der Waals surface area contributed by atoms with Gasteiger partial charge in [0.25, 0.3) is 0 Å². The minimum atomic E-state index is 0.712. The standard InChI is InChI=1S/C13H12BrIN2O/c1-18-13-5-2-8(14)6-12(13)17-11-4-3-9(15)7-10(11)16/h2-7,17H,16H2,1H3. The summed E-state index contributed by atoms with van der Waals surface area (Å²) in [4.78, 5) is 0. The SMILES string of the molecule is COc1ccc(Br)cc1Nc1ccc(I)cc1N. The van der Waals surface area contributed by atoms with Gasteiger partial charge in [0, 0.05) is 8.04 Å². The molecule has 0 aliphatic heterocycles. The zero-order valence-electron chi connectivity index (χ0n) is 9.71. The van der Waals surface area contributed by atoms with Crippen LogP contribution >= 0.6 is 38.5 Å². The number of rotatable bonds is 3. The number of methoxy groups -OCH3 is 1. The number of anilines is 3. The smallest absolute Gasteiger partial charge is 0.142 e. The van der Waals surface area contributed by atoms with E-state index in [4.69, 9.17) is 10.5 Å². The minimum absolute atomic E-state index is 0.712. The average Bonchev–Trinajstić information content (AvgIpc) is 2.33. The average molecular weight is 419 g/mol. The van der Waals surface area contributed by atoms with Crippen LogP contribution in [0.1, 0.15) is 0 Å². The van der Waals surface area contributed by atoms with Crippen LogP contribution in [0.3, 0.4) is 0 Å². The summed E-state index contributed by atoms with van der Waals surface area (Å²) < 4.78 is 7.40. The zero-order chi connectivity index (χ0) is 13.1. The molecule has 2 rings (SSSR count). The molecule has 0 aliphatic rings. The Morgan fingerprint density at radius 3 is 2.61 bits per heavy atom. The van der Waals surface area contributed by atoms with Gasteiger partial charge in [-0.15, -0.1) is 0 Å². The lowest BCUT2D eigenvalue weighted by Crippen LogP contribution is -1.98. The van der Waals surface area contributed by atoms with Crippen molar-refractivity contribution in [3.05, 3.63) is 44.4 Å². The van der Waals surface area contributed by atoms with Gasteiger partial charge < -0.3 is 15.8 Å². The second-order valence-corrected chi connectivity index (χ2v) is 5.86. The van der Waals surface area contributed by atoms with E-state index in [2.05, 4.69) is 43.8 Å². The van der Waals surface area contributed by atoms with Crippen molar-refractivity contribution in [2.24, 2.45) is 0 Å². The van der Waals surface area contributed by atoms with Gasteiger partial charge in [0.15, 0.2) is 0 Å². The molecule has 2 aromatic rings. The topological polar surface area (TPSA) is 47.3 Å². The fourth-order valence-electron chi connectivity index (χ4n) is 1.57. The van der Waals surface area contributed by atoms with E-state index in [9.17, 15) is 0 Å². The summed E-state index contributed by atoms with van der Waals surface area (Å²) in [5, 5.41) is 3.28. The predicted molar refractivity (Wildman–Crippen MR) is 87.5 cm³/mol. The lowest BCUT2D eigenvalue weighted by molar-refractivity contribution is 0.417. The maximum absolute atomic E-state index is 5.98. The van der Waals surface area contributed by atoms with E-state index in [1.54, 1.807) is 7.11 Å². The van der Waals surface area contributed by atoms with Gasteiger partial charge in [-0.3, -0.25) is 0 Å². The number of ether oxygens (including phenoxy) is 1. The van der Waals surface area contributed by atoms with Crippen LogP contribution in [0.25, 0.3) is 0 Å². The third kappa shape index (κ3) is 3.08. The van der Waals surface area contributed by atoms with Crippen LogP contribution in [0.4, 0.5) is 17.1 Å². The predicted octanol–water partition coefficient (Wildman–Crippen LogP) is 4.39. The molecule has 0 bridgehead atoms. The molecule has 2 aromatic carbocycles. The van der Waals surface area contributed by atoms with Crippen molar-refractivity contribution in [1.29, 1.82) is 0 Å². The third-order valence-electron chi connectivity index (χ3n) is 2.44. The van der Waals surface area contributed by atoms with Crippen molar-refractivity contribution in [2.45, 2.75) is 0 Å². The number of nitrogens with one attached hydrogen (secondary N) is 1. The molecule has 0 unspecified atom stereocenters. The first-order chi connectivity index (χ1) is 8.60. The molecule has 0 fully saturated rings. The van der Waals surface area contributed by atoms with Gasteiger partial charge in [-0.25, -0.2) is 0 Å². The number of hydrogen-bond donors (Lipinski definition) is 2. The number of halogens is 2. The summed E-state index contributed by atoms with van der Waals surface area (Å²) in [5.74, 6) is 0.774. The molecule has 0 amide bonds. The summed E-state index contributed by atoms with van der Waals surface area (Å²) in [6.07, 6.45) is 0. The number of nitrogens with two attached hydrogens (primary N) is 1. The Kier molecular flexibility index (Phi) is 4.34. The lowest BCUT2D eigenvalue weighted by Gasteiger charge is -2.13. The van der Waals surface area contributed by atoms with Crippen LogP contribution < -0.4 is 15.8 Å². The second kappa shape index (κ2) is 5.79. The van der Waals surface area contributed by atoms with Crippen molar-refractivity contribution < 1.29 is 4.74 Å². The van der Waals surface area contributed by atoms with E-state index in [-0.39, 0.29) is 0 Å². The van der Waals surface area contributed by atoms with Crippen molar-refractivity contribution in [1.82, 2.24) is 0 Å². The molecule has 3 nitrogen and oxygen atoms in total. The van der Waals surface area contributed by atoms with Crippen molar-refractivity contribution in [3.8, 4) is 5.75 Å². The van der Waals surface area contributed by atoms with Gasteiger partial charge in [0.05, 0.1) is 24.2 Å². The molecule has 0 aliphatic carbocycles. The molecule has 18 heavy (non-hydrogen) atoms. The van der Waals surface area contributed by atoms with Gasteiger partial charge in [-0.2, -0.15) is 0 Å². The van der Waals surface area contributed by atoms with Gasteiger partial charge >= 0.3 is 0 Å². The zero-order valence-corrected chi connectivity index (χ0v) is 13.4. The third-order valence-corrected chi connectivity index (χ3v) is 3.61. The molecule has 94 valence electrons. The molecule has 0 spiro atoms. The maximum Gasteiger partial charge on any atom is 0.142 e. The van der Waals surface area contributed by atoms with Crippen molar-refractivity contribution >= 4 is 55.6 Å². The van der Waals surface area contributed by atoms with E-state index in [1.807, 2.05) is 36.4 Å². The Labute approximate surface area is 128 Å². The highest BCUT2D eigenvalue weighted by Crippen LogP contribution is 2.32. The first-order valence-electron chi connectivity index (χ1n) is 5.26. The molecular formula is C13H12BrIN2O. The second-order valence-electron chi connectivity index (χ2n) is 3.70. The van der Waals surface area contributed by atoms with Crippen LogP contribution in [0.15, 0.2) is 40.9 Å². The Morgan fingerprint density at radius 2 is 1.94 bits per heavy atom. The molecular weight excluding hydrogens is 407 g/mol. The van der Waals surface area contributed by atoms with Crippen molar-refractivity contribution in [2.75, 3.05) is 18.2 Å². The van der Waals surface area contributed by atoms with Gasteiger partial charge in [0.1, 0.15) is 5.75 Å². The summed E-state index contributed by atoms with van der Waals surface area (Å²) in [6.45, 7) is 0. The van der Waals surface area contributed by atoms with Gasteiger partial charge in [0.2, 0.25) is 0 Å².